The number of hydrogen-bond donors (Lipinski definition) is 1. The molecule has 2 aliphatic heterocycles. The monoisotopic (exact) mass is 373 g/mol. The van der Waals surface area contributed by atoms with Gasteiger partial charge in [-0.3, -0.25) is 9.69 Å². The number of piperazine rings is 1. The number of nitrogens with zero attached hydrogens (tertiary/aromatic N) is 2. The summed E-state index contributed by atoms with van der Waals surface area (Å²) >= 11 is 0. The standard InChI is InChI=1S/C18H27N3O.2ClH/c1-14-12-20(13-16-6-4-3-5-7-16)8-9-21(14)18(22)15(2)17-10-19-11-17;;/h3-7,14-15,17,19H,8-13H2,1-2H3;2*1H/t14-,15?;;/m1../s1. The lowest BCUT2D eigenvalue weighted by atomic mass is 9.87. The summed E-state index contributed by atoms with van der Waals surface area (Å²) in [5.41, 5.74) is 1.35. The number of nitrogens with one attached hydrogen (secondary N) is 1. The summed E-state index contributed by atoms with van der Waals surface area (Å²) < 4.78 is 0. The number of carbonyl (C=O) groups excluding carboxylic acids is 1. The molecule has 0 aliphatic carbocycles. The third-order valence-corrected chi connectivity index (χ3v) is 5.15. The second kappa shape index (κ2) is 9.62. The molecule has 2 heterocycles. The van der Waals surface area contributed by atoms with E-state index in [-0.39, 0.29) is 30.7 Å². The lowest BCUT2D eigenvalue weighted by Gasteiger charge is -2.43. The fraction of sp³-hybridized carbons (Fsp3) is 0.611. The first-order valence-electron chi connectivity index (χ1n) is 8.42. The molecular weight excluding hydrogens is 345 g/mol. The Morgan fingerprint density at radius 3 is 2.42 bits per heavy atom. The van der Waals surface area contributed by atoms with E-state index >= 15 is 0 Å². The summed E-state index contributed by atoms with van der Waals surface area (Å²) in [5.74, 6) is 1.03. The normalized spacial score (nSPS) is 22.8. The molecule has 1 aromatic rings. The van der Waals surface area contributed by atoms with Crippen molar-refractivity contribution in [3.05, 3.63) is 35.9 Å². The maximum atomic E-state index is 12.7. The van der Waals surface area contributed by atoms with E-state index in [9.17, 15) is 4.79 Å². The average Bonchev–Trinajstić information content (AvgIpc) is 2.46. The zero-order valence-electron chi connectivity index (χ0n) is 14.5. The minimum atomic E-state index is 0. The molecule has 1 aromatic carbocycles. The Morgan fingerprint density at radius 1 is 1.21 bits per heavy atom. The molecule has 2 aliphatic rings. The number of amides is 1. The third kappa shape index (κ3) is 4.85. The highest BCUT2D eigenvalue weighted by Crippen LogP contribution is 2.22. The summed E-state index contributed by atoms with van der Waals surface area (Å²) in [7, 11) is 0. The van der Waals surface area contributed by atoms with Crippen LogP contribution in [0.3, 0.4) is 0 Å². The number of hydrogen-bond acceptors (Lipinski definition) is 3. The van der Waals surface area contributed by atoms with Gasteiger partial charge in [0.05, 0.1) is 0 Å². The fourth-order valence-electron chi connectivity index (χ4n) is 3.47. The second-order valence-corrected chi connectivity index (χ2v) is 6.81. The van der Waals surface area contributed by atoms with Gasteiger partial charge in [-0.2, -0.15) is 0 Å². The van der Waals surface area contributed by atoms with Crippen LogP contribution in [-0.4, -0.2) is 54.5 Å². The van der Waals surface area contributed by atoms with Crippen LogP contribution < -0.4 is 5.32 Å². The van der Waals surface area contributed by atoms with E-state index in [4.69, 9.17) is 0 Å². The van der Waals surface area contributed by atoms with Crippen LogP contribution >= 0.6 is 24.8 Å². The first kappa shape index (κ1) is 21.2. The molecule has 0 saturated carbocycles. The average molecular weight is 374 g/mol. The molecule has 24 heavy (non-hydrogen) atoms. The smallest absolute Gasteiger partial charge is 0.226 e. The predicted octanol–water partition coefficient (Wildman–Crippen LogP) is 2.42. The van der Waals surface area contributed by atoms with Crippen molar-refractivity contribution < 1.29 is 4.79 Å². The van der Waals surface area contributed by atoms with Crippen LogP contribution in [-0.2, 0) is 11.3 Å². The third-order valence-electron chi connectivity index (χ3n) is 5.15. The van der Waals surface area contributed by atoms with Crippen molar-refractivity contribution >= 4 is 30.7 Å². The molecule has 4 nitrogen and oxygen atoms in total. The number of rotatable bonds is 4. The van der Waals surface area contributed by atoms with Crippen molar-refractivity contribution in [3.8, 4) is 0 Å². The van der Waals surface area contributed by atoms with Crippen molar-refractivity contribution in [3.63, 3.8) is 0 Å². The first-order valence-corrected chi connectivity index (χ1v) is 8.42. The van der Waals surface area contributed by atoms with E-state index < -0.39 is 0 Å². The van der Waals surface area contributed by atoms with E-state index in [2.05, 4.69) is 59.3 Å². The zero-order valence-corrected chi connectivity index (χ0v) is 16.1. The van der Waals surface area contributed by atoms with Crippen LogP contribution in [0.15, 0.2) is 30.3 Å². The molecule has 0 spiro atoms. The van der Waals surface area contributed by atoms with Crippen LogP contribution in [0, 0.1) is 11.8 Å². The summed E-state index contributed by atoms with van der Waals surface area (Å²) in [4.78, 5) is 17.2. The molecule has 2 fully saturated rings. The highest BCUT2D eigenvalue weighted by molar-refractivity contribution is 5.85. The van der Waals surface area contributed by atoms with Gasteiger partial charge in [-0.25, -0.2) is 0 Å². The maximum Gasteiger partial charge on any atom is 0.226 e. The SMILES string of the molecule is CC(C(=O)N1CCN(Cc2ccccc2)C[C@H]1C)C1CNC1.Cl.Cl. The highest BCUT2D eigenvalue weighted by Gasteiger charge is 2.35. The Morgan fingerprint density at radius 2 is 1.88 bits per heavy atom. The summed E-state index contributed by atoms with van der Waals surface area (Å²) in [5, 5.41) is 3.27. The van der Waals surface area contributed by atoms with Crippen molar-refractivity contribution in [1.29, 1.82) is 0 Å². The molecule has 136 valence electrons. The van der Waals surface area contributed by atoms with Gasteiger partial charge >= 0.3 is 0 Å². The topological polar surface area (TPSA) is 35.6 Å². The quantitative estimate of drug-likeness (QED) is 0.879. The maximum absolute atomic E-state index is 12.7. The number of benzene rings is 1. The molecule has 3 rings (SSSR count). The van der Waals surface area contributed by atoms with Crippen LogP contribution in [0.4, 0.5) is 0 Å². The Balaban J connectivity index is 0.00000144. The molecule has 1 unspecified atom stereocenters. The lowest BCUT2D eigenvalue weighted by molar-refractivity contribution is -0.142. The Kier molecular flexibility index (Phi) is 8.51. The molecule has 2 saturated heterocycles. The van der Waals surface area contributed by atoms with Crippen molar-refractivity contribution in [1.82, 2.24) is 15.1 Å². The van der Waals surface area contributed by atoms with Crippen LogP contribution in [0.25, 0.3) is 0 Å². The molecule has 0 bridgehead atoms. The van der Waals surface area contributed by atoms with E-state index in [1.54, 1.807) is 0 Å². The van der Waals surface area contributed by atoms with Gasteiger partial charge in [0.1, 0.15) is 0 Å². The van der Waals surface area contributed by atoms with Crippen molar-refractivity contribution in [2.45, 2.75) is 26.4 Å². The highest BCUT2D eigenvalue weighted by atomic mass is 35.5. The van der Waals surface area contributed by atoms with Gasteiger partial charge in [0.15, 0.2) is 0 Å². The largest absolute Gasteiger partial charge is 0.337 e. The summed E-state index contributed by atoms with van der Waals surface area (Å²) in [6.07, 6.45) is 0. The minimum Gasteiger partial charge on any atom is -0.337 e. The lowest BCUT2D eigenvalue weighted by Crippen LogP contribution is -2.57. The molecule has 2 atom stereocenters. The van der Waals surface area contributed by atoms with Crippen LogP contribution in [0.5, 0.6) is 0 Å². The van der Waals surface area contributed by atoms with Gasteiger partial charge < -0.3 is 10.2 Å². The van der Waals surface area contributed by atoms with E-state index in [0.717, 1.165) is 39.3 Å². The van der Waals surface area contributed by atoms with Crippen LogP contribution in [0.2, 0.25) is 0 Å². The predicted molar refractivity (Wildman–Crippen MR) is 103 cm³/mol. The van der Waals surface area contributed by atoms with Gasteiger partial charge in [0, 0.05) is 38.1 Å². The molecule has 1 N–H and O–H groups in total. The Hall–Kier alpha value is -0.810. The second-order valence-electron chi connectivity index (χ2n) is 6.81. The molecule has 1 amide bonds. The number of halogens is 2. The number of carbonyl (C=O) groups is 1. The van der Waals surface area contributed by atoms with E-state index in [0.29, 0.717) is 17.9 Å². The minimum absolute atomic E-state index is 0. The summed E-state index contributed by atoms with van der Waals surface area (Å²) in [6.45, 7) is 10.0. The van der Waals surface area contributed by atoms with Gasteiger partial charge in [0.25, 0.3) is 0 Å². The Labute approximate surface area is 157 Å². The Bertz CT molecular complexity index is 510. The van der Waals surface area contributed by atoms with Crippen molar-refractivity contribution in [2.24, 2.45) is 11.8 Å². The van der Waals surface area contributed by atoms with Crippen molar-refractivity contribution in [2.75, 3.05) is 32.7 Å². The van der Waals surface area contributed by atoms with Gasteiger partial charge in [-0.1, -0.05) is 37.3 Å². The molecule has 6 heteroatoms. The van der Waals surface area contributed by atoms with E-state index in [1.165, 1.54) is 5.56 Å². The van der Waals surface area contributed by atoms with Crippen LogP contribution in [0.1, 0.15) is 19.4 Å². The van der Waals surface area contributed by atoms with Gasteiger partial charge in [0.2, 0.25) is 5.91 Å². The van der Waals surface area contributed by atoms with E-state index in [1.807, 2.05) is 0 Å². The van der Waals surface area contributed by atoms with Gasteiger partial charge in [-0.15, -0.1) is 24.8 Å². The molecule has 0 aromatic heterocycles. The fourth-order valence-corrected chi connectivity index (χ4v) is 3.47. The molecule has 0 radical (unpaired) electrons. The first-order chi connectivity index (χ1) is 10.6. The van der Waals surface area contributed by atoms with Gasteiger partial charge in [-0.05, 0) is 31.5 Å². The zero-order chi connectivity index (χ0) is 15.5. The molecular formula is C18H29Cl2N3O. The summed E-state index contributed by atoms with van der Waals surface area (Å²) in [6, 6.07) is 10.9.